The fourth-order valence-corrected chi connectivity index (χ4v) is 3.43. The van der Waals surface area contributed by atoms with Crippen molar-refractivity contribution in [3.63, 3.8) is 0 Å². The van der Waals surface area contributed by atoms with E-state index in [4.69, 9.17) is 5.11 Å². The number of benzene rings is 3. The summed E-state index contributed by atoms with van der Waals surface area (Å²) in [5, 5.41) is 20.7. The number of anilines is 3. The molecule has 3 aromatic carbocycles. The van der Waals surface area contributed by atoms with Crippen LogP contribution in [0.5, 0.6) is 0 Å². The average Bonchev–Trinajstić information content (AvgIpc) is 3.23. The van der Waals surface area contributed by atoms with Crippen molar-refractivity contribution in [1.82, 2.24) is 9.78 Å². The number of carbonyl (C=O) groups is 1. The first-order chi connectivity index (χ1) is 15.1. The Morgan fingerprint density at radius 3 is 2.42 bits per heavy atom. The van der Waals surface area contributed by atoms with Crippen molar-refractivity contribution in [2.45, 2.75) is 0 Å². The molecular formula is C24H25N5O2. The molecule has 0 aliphatic heterocycles. The summed E-state index contributed by atoms with van der Waals surface area (Å²) in [6, 6.07) is 21.0. The van der Waals surface area contributed by atoms with Gasteiger partial charge in [-0.15, -0.1) is 0 Å². The van der Waals surface area contributed by atoms with Crippen LogP contribution < -0.4 is 15.5 Å². The molecule has 7 heteroatoms. The Morgan fingerprint density at radius 1 is 1.03 bits per heavy atom. The summed E-state index contributed by atoms with van der Waals surface area (Å²) in [5.41, 5.74) is 5.21. The van der Waals surface area contributed by atoms with Gasteiger partial charge in [0, 0.05) is 48.7 Å². The van der Waals surface area contributed by atoms with Gasteiger partial charge in [-0.3, -0.25) is 4.79 Å². The number of hydrogen-bond acceptors (Lipinski definition) is 5. The second-order valence-corrected chi connectivity index (χ2v) is 7.27. The summed E-state index contributed by atoms with van der Waals surface area (Å²) in [7, 11) is 3.79. The van der Waals surface area contributed by atoms with Crippen molar-refractivity contribution in [2.75, 3.05) is 42.8 Å². The quantitative estimate of drug-likeness (QED) is 0.428. The van der Waals surface area contributed by atoms with Gasteiger partial charge >= 0.3 is 0 Å². The second kappa shape index (κ2) is 8.89. The van der Waals surface area contributed by atoms with E-state index in [-0.39, 0.29) is 12.5 Å². The summed E-state index contributed by atoms with van der Waals surface area (Å²) in [5.74, 6) is -0.173. The maximum absolute atomic E-state index is 12.6. The zero-order valence-electron chi connectivity index (χ0n) is 17.5. The third-order valence-electron chi connectivity index (χ3n) is 5.23. The number of carbonyl (C=O) groups excluding carboxylic acids is 1. The fraction of sp³-hybridized carbons (Fsp3) is 0.167. The molecule has 0 bridgehead atoms. The Balaban J connectivity index is 1.47. The molecule has 1 amide bonds. The molecule has 3 N–H and O–H groups in total. The van der Waals surface area contributed by atoms with Crippen molar-refractivity contribution >= 4 is 33.9 Å². The number of aromatic nitrogens is 2. The van der Waals surface area contributed by atoms with Gasteiger partial charge in [-0.2, -0.15) is 5.10 Å². The summed E-state index contributed by atoms with van der Waals surface area (Å²) in [6.07, 6.45) is 1.84. The number of aliphatic hydroxyl groups is 1. The van der Waals surface area contributed by atoms with Gasteiger partial charge in [0.1, 0.15) is 0 Å². The van der Waals surface area contributed by atoms with Crippen LogP contribution in [0.2, 0.25) is 0 Å². The number of aliphatic hydroxyl groups excluding tert-OH is 1. The third-order valence-corrected chi connectivity index (χ3v) is 5.23. The Bertz CT molecular complexity index is 1180. The van der Waals surface area contributed by atoms with Crippen LogP contribution in [-0.4, -0.2) is 48.0 Å². The predicted octanol–water partition coefficient (Wildman–Crippen LogP) is 3.75. The minimum Gasteiger partial charge on any atom is -0.395 e. The van der Waals surface area contributed by atoms with E-state index < -0.39 is 0 Å². The zero-order chi connectivity index (χ0) is 21.8. The lowest BCUT2D eigenvalue weighted by Gasteiger charge is -2.18. The molecule has 0 fully saturated rings. The summed E-state index contributed by atoms with van der Waals surface area (Å²) in [4.78, 5) is 14.5. The van der Waals surface area contributed by atoms with Crippen LogP contribution in [0.3, 0.4) is 0 Å². The number of fused-ring (bicyclic) bond motifs is 1. The SMILES string of the molecule is CNc1ccc2c(cnn2-c2ccc(NC(=O)c3ccc(N(C)CCO)cc3)cc2)c1. The van der Waals surface area contributed by atoms with Crippen LogP contribution >= 0.6 is 0 Å². The lowest BCUT2D eigenvalue weighted by Crippen LogP contribution is -2.21. The molecule has 31 heavy (non-hydrogen) atoms. The average molecular weight is 415 g/mol. The molecule has 0 aliphatic carbocycles. The highest BCUT2D eigenvalue weighted by Crippen LogP contribution is 2.23. The van der Waals surface area contributed by atoms with Crippen molar-refractivity contribution in [1.29, 1.82) is 0 Å². The lowest BCUT2D eigenvalue weighted by molar-refractivity contribution is 0.102. The summed E-state index contributed by atoms with van der Waals surface area (Å²) >= 11 is 0. The molecule has 4 rings (SSSR count). The standard InChI is InChI=1S/C24H25N5O2/c1-25-20-7-12-23-18(15-20)16-26-29(23)22-10-5-19(6-11-22)27-24(31)17-3-8-21(9-4-17)28(2)13-14-30/h3-12,15-16,25,30H,13-14H2,1-2H3,(H,27,31). The van der Waals surface area contributed by atoms with Crippen LogP contribution in [-0.2, 0) is 0 Å². The minimum atomic E-state index is -0.173. The molecule has 1 aromatic heterocycles. The van der Waals surface area contributed by atoms with E-state index in [9.17, 15) is 4.79 Å². The molecule has 0 saturated carbocycles. The molecule has 4 aromatic rings. The summed E-state index contributed by atoms with van der Waals surface area (Å²) in [6.45, 7) is 0.625. The van der Waals surface area contributed by atoms with E-state index in [0.717, 1.165) is 28.0 Å². The van der Waals surface area contributed by atoms with E-state index in [1.807, 2.05) is 78.4 Å². The van der Waals surface area contributed by atoms with Gasteiger partial charge in [-0.05, 0) is 66.7 Å². The van der Waals surface area contributed by atoms with Gasteiger partial charge in [-0.25, -0.2) is 4.68 Å². The van der Waals surface area contributed by atoms with E-state index in [1.165, 1.54) is 0 Å². The van der Waals surface area contributed by atoms with Crippen LogP contribution in [0.25, 0.3) is 16.6 Å². The third kappa shape index (κ3) is 4.36. The highest BCUT2D eigenvalue weighted by Gasteiger charge is 2.09. The number of hydrogen-bond donors (Lipinski definition) is 3. The monoisotopic (exact) mass is 415 g/mol. The van der Waals surface area contributed by atoms with Gasteiger partial charge in [0.25, 0.3) is 5.91 Å². The number of rotatable bonds is 7. The van der Waals surface area contributed by atoms with E-state index in [0.29, 0.717) is 17.8 Å². The van der Waals surface area contributed by atoms with Crippen LogP contribution in [0, 0.1) is 0 Å². The molecule has 7 nitrogen and oxygen atoms in total. The van der Waals surface area contributed by atoms with Crippen LogP contribution in [0.4, 0.5) is 17.1 Å². The molecular weight excluding hydrogens is 390 g/mol. The molecule has 0 saturated heterocycles. The molecule has 0 atom stereocenters. The van der Waals surface area contributed by atoms with E-state index in [1.54, 1.807) is 12.1 Å². The molecule has 1 heterocycles. The second-order valence-electron chi connectivity index (χ2n) is 7.27. The lowest BCUT2D eigenvalue weighted by atomic mass is 10.1. The Morgan fingerprint density at radius 2 is 1.74 bits per heavy atom. The van der Waals surface area contributed by atoms with Gasteiger partial charge in [0.15, 0.2) is 0 Å². The van der Waals surface area contributed by atoms with Gasteiger partial charge < -0.3 is 20.6 Å². The molecule has 0 radical (unpaired) electrons. The number of likely N-dealkylation sites (N-methyl/N-ethyl adjacent to an activating group) is 1. The van der Waals surface area contributed by atoms with Crippen molar-refractivity contribution in [3.8, 4) is 5.69 Å². The van der Waals surface area contributed by atoms with Crippen molar-refractivity contribution < 1.29 is 9.90 Å². The maximum atomic E-state index is 12.6. The van der Waals surface area contributed by atoms with Crippen molar-refractivity contribution in [3.05, 3.63) is 78.5 Å². The smallest absolute Gasteiger partial charge is 0.255 e. The van der Waals surface area contributed by atoms with Crippen molar-refractivity contribution in [2.24, 2.45) is 0 Å². The van der Waals surface area contributed by atoms with Gasteiger partial charge in [0.05, 0.1) is 24.0 Å². The normalized spacial score (nSPS) is 10.8. The van der Waals surface area contributed by atoms with Crippen LogP contribution in [0.15, 0.2) is 72.9 Å². The summed E-state index contributed by atoms with van der Waals surface area (Å²) < 4.78 is 1.88. The van der Waals surface area contributed by atoms with Crippen LogP contribution in [0.1, 0.15) is 10.4 Å². The van der Waals surface area contributed by atoms with E-state index >= 15 is 0 Å². The number of nitrogens with one attached hydrogen (secondary N) is 2. The molecule has 0 spiro atoms. The Hall–Kier alpha value is -3.84. The largest absolute Gasteiger partial charge is 0.395 e. The highest BCUT2D eigenvalue weighted by molar-refractivity contribution is 6.04. The van der Waals surface area contributed by atoms with Gasteiger partial charge in [0.2, 0.25) is 0 Å². The molecule has 0 unspecified atom stereocenters. The van der Waals surface area contributed by atoms with E-state index in [2.05, 4.69) is 21.8 Å². The number of amides is 1. The number of nitrogens with zero attached hydrogens (tertiary/aromatic N) is 3. The predicted molar refractivity (Wildman–Crippen MR) is 125 cm³/mol. The highest BCUT2D eigenvalue weighted by atomic mass is 16.3. The molecule has 158 valence electrons. The zero-order valence-corrected chi connectivity index (χ0v) is 17.5. The Labute approximate surface area is 180 Å². The first kappa shape index (κ1) is 20.4. The first-order valence-electron chi connectivity index (χ1n) is 10.1. The van der Waals surface area contributed by atoms with Gasteiger partial charge in [-0.1, -0.05) is 0 Å². The topological polar surface area (TPSA) is 82.4 Å². The maximum Gasteiger partial charge on any atom is 0.255 e. The fourth-order valence-electron chi connectivity index (χ4n) is 3.43. The minimum absolute atomic E-state index is 0.0834. The Kier molecular flexibility index (Phi) is 5.86. The molecule has 0 aliphatic rings. The first-order valence-corrected chi connectivity index (χ1v) is 10.1.